The van der Waals surface area contributed by atoms with Crippen LogP contribution in [-0.4, -0.2) is 41.2 Å². The van der Waals surface area contributed by atoms with Crippen molar-refractivity contribution in [2.45, 2.75) is 19.1 Å². The standard InChI is InChI=1S/C12H13BrClNO3/c1-7(12(17)15-5-9(16)6-15)18-11-3-2-8(14)4-10(11)13/h2-4,7,9,16H,5-6H2,1H3. The zero-order valence-electron chi connectivity index (χ0n) is 9.77. The predicted octanol–water partition coefficient (Wildman–Crippen LogP) is 2.07. The summed E-state index contributed by atoms with van der Waals surface area (Å²) in [7, 11) is 0. The molecular weight excluding hydrogens is 321 g/mol. The van der Waals surface area contributed by atoms with Gasteiger partial charge in [0.1, 0.15) is 5.75 Å². The fraction of sp³-hybridized carbons (Fsp3) is 0.417. The Hall–Kier alpha value is -0.780. The molecule has 1 aromatic carbocycles. The number of hydrogen-bond acceptors (Lipinski definition) is 3. The van der Waals surface area contributed by atoms with Crippen molar-refractivity contribution in [2.75, 3.05) is 13.1 Å². The minimum Gasteiger partial charge on any atom is -0.480 e. The molecular formula is C12H13BrClNO3. The zero-order valence-corrected chi connectivity index (χ0v) is 12.1. The summed E-state index contributed by atoms with van der Waals surface area (Å²) in [6.45, 7) is 2.46. The first kappa shape index (κ1) is 13.6. The molecule has 2 rings (SSSR count). The maximum absolute atomic E-state index is 11.9. The number of rotatable bonds is 3. The minimum absolute atomic E-state index is 0.123. The number of likely N-dealkylation sites (tertiary alicyclic amines) is 1. The van der Waals surface area contributed by atoms with Crippen molar-refractivity contribution in [2.24, 2.45) is 0 Å². The van der Waals surface area contributed by atoms with Gasteiger partial charge in [0.25, 0.3) is 5.91 Å². The lowest BCUT2D eigenvalue weighted by atomic mass is 10.1. The molecule has 0 aromatic heterocycles. The Bertz CT molecular complexity index is 463. The minimum atomic E-state index is -0.588. The third-order valence-corrected chi connectivity index (χ3v) is 3.57. The van der Waals surface area contributed by atoms with E-state index in [1.54, 1.807) is 30.0 Å². The zero-order chi connectivity index (χ0) is 13.3. The number of aliphatic hydroxyl groups is 1. The molecule has 1 unspecified atom stereocenters. The van der Waals surface area contributed by atoms with Crippen molar-refractivity contribution in [3.63, 3.8) is 0 Å². The molecule has 0 spiro atoms. The van der Waals surface area contributed by atoms with Crippen LogP contribution in [0.25, 0.3) is 0 Å². The number of carbonyl (C=O) groups is 1. The molecule has 0 bridgehead atoms. The fourth-order valence-electron chi connectivity index (χ4n) is 1.70. The first-order valence-corrected chi connectivity index (χ1v) is 6.73. The third kappa shape index (κ3) is 2.96. The third-order valence-electron chi connectivity index (χ3n) is 2.72. The Balaban J connectivity index is 1.98. The van der Waals surface area contributed by atoms with Gasteiger partial charge < -0.3 is 14.7 Å². The lowest BCUT2D eigenvalue weighted by Crippen LogP contribution is -2.56. The summed E-state index contributed by atoms with van der Waals surface area (Å²) in [5.74, 6) is 0.448. The second-order valence-electron chi connectivity index (χ2n) is 4.23. The van der Waals surface area contributed by atoms with E-state index in [4.69, 9.17) is 21.4 Å². The highest BCUT2D eigenvalue weighted by Gasteiger charge is 2.32. The molecule has 1 atom stereocenters. The van der Waals surface area contributed by atoms with E-state index in [1.165, 1.54) is 0 Å². The van der Waals surface area contributed by atoms with Crippen molar-refractivity contribution in [1.29, 1.82) is 0 Å². The number of amides is 1. The number of aliphatic hydroxyl groups excluding tert-OH is 1. The van der Waals surface area contributed by atoms with Crippen LogP contribution >= 0.6 is 27.5 Å². The summed E-state index contributed by atoms with van der Waals surface area (Å²) in [6, 6.07) is 5.12. The van der Waals surface area contributed by atoms with Gasteiger partial charge in [-0.2, -0.15) is 0 Å². The normalized spacial score (nSPS) is 17.2. The fourth-order valence-corrected chi connectivity index (χ4v) is 2.48. The van der Waals surface area contributed by atoms with Gasteiger partial charge in [-0.15, -0.1) is 0 Å². The Morgan fingerprint density at radius 1 is 1.61 bits per heavy atom. The predicted molar refractivity (Wildman–Crippen MR) is 71.8 cm³/mol. The topological polar surface area (TPSA) is 49.8 Å². The number of carbonyl (C=O) groups excluding carboxylic acids is 1. The molecule has 1 aromatic rings. The van der Waals surface area contributed by atoms with Crippen LogP contribution in [0.2, 0.25) is 5.02 Å². The summed E-state index contributed by atoms with van der Waals surface area (Å²) in [5, 5.41) is 9.75. The van der Waals surface area contributed by atoms with Crippen LogP contribution in [0.3, 0.4) is 0 Å². The molecule has 18 heavy (non-hydrogen) atoms. The van der Waals surface area contributed by atoms with Gasteiger partial charge in [0.2, 0.25) is 0 Å². The highest BCUT2D eigenvalue weighted by Crippen LogP contribution is 2.29. The van der Waals surface area contributed by atoms with E-state index in [0.717, 1.165) is 0 Å². The Kier molecular flexibility index (Phi) is 4.14. The lowest BCUT2D eigenvalue weighted by molar-refractivity contribution is -0.148. The van der Waals surface area contributed by atoms with E-state index in [0.29, 0.717) is 28.3 Å². The van der Waals surface area contributed by atoms with E-state index >= 15 is 0 Å². The highest BCUT2D eigenvalue weighted by atomic mass is 79.9. The molecule has 1 heterocycles. The van der Waals surface area contributed by atoms with Crippen LogP contribution in [0.1, 0.15) is 6.92 Å². The van der Waals surface area contributed by atoms with Crippen molar-refractivity contribution >= 4 is 33.4 Å². The van der Waals surface area contributed by atoms with Crippen molar-refractivity contribution < 1.29 is 14.6 Å². The molecule has 1 N–H and O–H groups in total. The number of nitrogens with zero attached hydrogens (tertiary/aromatic N) is 1. The Morgan fingerprint density at radius 2 is 2.28 bits per heavy atom. The summed E-state index contributed by atoms with van der Waals surface area (Å²) < 4.78 is 6.28. The van der Waals surface area contributed by atoms with Crippen LogP contribution in [0.5, 0.6) is 5.75 Å². The molecule has 6 heteroatoms. The number of benzene rings is 1. The second-order valence-corrected chi connectivity index (χ2v) is 5.52. The first-order chi connectivity index (χ1) is 8.47. The maximum Gasteiger partial charge on any atom is 0.263 e. The number of β-amino-alcohol motifs (C(OH)–C–C–N with tert-alkyl or cyclic N) is 1. The molecule has 1 aliphatic heterocycles. The SMILES string of the molecule is CC(Oc1ccc(Cl)cc1Br)C(=O)N1CC(O)C1. The van der Waals surface area contributed by atoms with Crippen molar-refractivity contribution in [1.82, 2.24) is 4.90 Å². The van der Waals surface area contributed by atoms with Crippen LogP contribution in [0, 0.1) is 0 Å². The van der Waals surface area contributed by atoms with E-state index in [2.05, 4.69) is 15.9 Å². The van der Waals surface area contributed by atoms with E-state index < -0.39 is 12.2 Å². The van der Waals surface area contributed by atoms with Crippen molar-refractivity contribution in [3.05, 3.63) is 27.7 Å². The lowest BCUT2D eigenvalue weighted by Gasteiger charge is -2.37. The van der Waals surface area contributed by atoms with Crippen LogP contribution in [0.4, 0.5) is 0 Å². The Labute approximate surface area is 119 Å². The van der Waals surface area contributed by atoms with Gasteiger partial charge >= 0.3 is 0 Å². The first-order valence-electron chi connectivity index (χ1n) is 5.56. The molecule has 1 amide bonds. The number of hydrogen-bond donors (Lipinski definition) is 1. The number of halogens is 2. The molecule has 1 saturated heterocycles. The molecule has 0 aliphatic carbocycles. The van der Waals surface area contributed by atoms with Gasteiger partial charge in [0.05, 0.1) is 10.6 Å². The summed E-state index contributed by atoms with van der Waals surface area (Å²) in [4.78, 5) is 13.5. The summed E-state index contributed by atoms with van der Waals surface area (Å²) >= 11 is 9.15. The van der Waals surface area contributed by atoms with Gasteiger partial charge in [0.15, 0.2) is 6.10 Å². The van der Waals surface area contributed by atoms with Crippen LogP contribution < -0.4 is 4.74 Å². The quantitative estimate of drug-likeness (QED) is 0.920. The average Bonchev–Trinajstić information content (AvgIpc) is 2.27. The largest absolute Gasteiger partial charge is 0.480 e. The van der Waals surface area contributed by atoms with Crippen molar-refractivity contribution in [3.8, 4) is 5.75 Å². The monoisotopic (exact) mass is 333 g/mol. The molecule has 1 aliphatic rings. The van der Waals surface area contributed by atoms with Gasteiger partial charge in [-0.3, -0.25) is 4.79 Å². The van der Waals surface area contributed by atoms with Crippen LogP contribution in [0.15, 0.2) is 22.7 Å². The van der Waals surface area contributed by atoms with E-state index in [-0.39, 0.29) is 5.91 Å². The second kappa shape index (κ2) is 5.47. The number of ether oxygens (including phenoxy) is 1. The van der Waals surface area contributed by atoms with E-state index in [9.17, 15) is 4.79 Å². The Morgan fingerprint density at radius 3 is 2.83 bits per heavy atom. The summed E-state index contributed by atoms with van der Waals surface area (Å²) in [5.41, 5.74) is 0. The molecule has 1 fully saturated rings. The van der Waals surface area contributed by atoms with Gasteiger partial charge in [-0.25, -0.2) is 0 Å². The molecule has 4 nitrogen and oxygen atoms in total. The van der Waals surface area contributed by atoms with Gasteiger partial charge in [0, 0.05) is 18.1 Å². The maximum atomic E-state index is 11.9. The highest BCUT2D eigenvalue weighted by molar-refractivity contribution is 9.10. The van der Waals surface area contributed by atoms with Gasteiger partial charge in [-0.05, 0) is 41.1 Å². The smallest absolute Gasteiger partial charge is 0.263 e. The summed E-state index contributed by atoms with van der Waals surface area (Å²) in [6.07, 6.45) is -0.988. The average molecular weight is 335 g/mol. The molecule has 0 saturated carbocycles. The molecule has 98 valence electrons. The van der Waals surface area contributed by atoms with Gasteiger partial charge in [-0.1, -0.05) is 11.6 Å². The molecule has 0 radical (unpaired) electrons. The van der Waals surface area contributed by atoms with Crippen LogP contribution in [-0.2, 0) is 4.79 Å². The van der Waals surface area contributed by atoms with E-state index in [1.807, 2.05) is 0 Å².